The van der Waals surface area contributed by atoms with E-state index >= 15 is 0 Å². The summed E-state index contributed by atoms with van der Waals surface area (Å²) in [6, 6.07) is 40.8. The zero-order chi connectivity index (χ0) is 43.6. The van der Waals surface area contributed by atoms with E-state index in [1.54, 1.807) is 0 Å². The van der Waals surface area contributed by atoms with Crippen LogP contribution in [0.4, 0.5) is 17.1 Å². The van der Waals surface area contributed by atoms with Crippen LogP contribution >= 0.6 is 0 Å². The van der Waals surface area contributed by atoms with Crippen molar-refractivity contribution in [3.63, 3.8) is 0 Å². The van der Waals surface area contributed by atoms with Crippen LogP contribution in [-0.4, -0.2) is 21.0 Å². The molecule has 5 heteroatoms. The van der Waals surface area contributed by atoms with Gasteiger partial charge in [0, 0.05) is 33.6 Å². The Kier molecular flexibility index (Phi) is 9.12. The van der Waals surface area contributed by atoms with Crippen LogP contribution in [-0.2, 0) is 26.6 Å². The Morgan fingerprint density at radius 1 is 0.623 bits per heavy atom. The highest BCUT2D eigenvalue weighted by atomic mass is 16.5. The molecule has 2 aliphatic heterocycles. The molecule has 0 saturated heterocycles. The van der Waals surface area contributed by atoms with E-state index in [1.165, 1.54) is 49.8 Å². The molecule has 4 heterocycles. The van der Waals surface area contributed by atoms with E-state index in [0.29, 0.717) is 5.90 Å². The van der Waals surface area contributed by atoms with Gasteiger partial charge in [-0.05, 0) is 133 Å². The van der Waals surface area contributed by atoms with Gasteiger partial charge in [0.15, 0.2) is 5.60 Å². The van der Waals surface area contributed by atoms with Gasteiger partial charge in [-0.25, -0.2) is 9.98 Å². The van der Waals surface area contributed by atoms with Crippen LogP contribution in [0.2, 0.25) is 0 Å². The molecule has 0 spiro atoms. The number of rotatable bonds is 5. The largest absolute Gasteiger partial charge is 0.464 e. The number of nitrogens with zero attached hydrogens (tertiary/aromatic N) is 4. The molecule has 0 radical (unpaired) electrons. The predicted molar refractivity (Wildman–Crippen MR) is 257 cm³/mol. The number of pyridine rings is 1. The Morgan fingerprint density at radius 3 is 1.97 bits per heavy atom. The summed E-state index contributed by atoms with van der Waals surface area (Å²) in [6.45, 7) is 31.9. The second-order valence-electron chi connectivity index (χ2n) is 21.1. The molecular weight excluding hydrogens is 745 g/mol. The number of fused-ring (bicyclic) bond motifs is 5. The van der Waals surface area contributed by atoms with Crippen LogP contribution in [0.1, 0.15) is 128 Å². The van der Waals surface area contributed by atoms with Crippen LogP contribution in [0.3, 0.4) is 0 Å². The maximum atomic E-state index is 7.22. The number of aryl methyl sites for hydroxylation is 2. The van der Waals surface area contributed by atoms with Crippen molar-refractivity contribution < 1.29 is 4.74 Å². The lowest BCUT2D eigenvalue weighted by molar-refractivity contribution is 0.00858. The summed E-state index contributed by atoms with van der Waals surface area (Å²) in [4.78, 5) is 13.1. The monoisotopic (exact) mass is 806 g/mol. The minimum Gasteiger partial charge on any atom is -0.464 e. The summed E-state index contributed by atoms with van der Waals surface area (Å²) >= 11 is 0. The second-order valence-corrected chi connectivity index (χ2v) is 21.1. The third-order valence-corrected chi connectivity index (χ3v) is 14.2. The van der Waals surface area contributed by atoms with E-state index in [4.69, 9.17) is 14.7 Å². The normalized spacial score (nSPS) is 19.9. The highest BCUT2D eigenvalue weighted by Crippen LogP contribution is 2.55. The molecule has 2 aromatic heterocycles. The van der Waals surface area contributed by atoms with E-state index in [1.807, 2.05) is 6.20 Å². The minimum absolute atomic E-state index is 0.0247. The molecular formula is C56H62N4O. The van der Waals surface area contributed by atoms with Gasteiger partial charge < -0.3 is 9.64 Å². The van der Waals surface area contributed by atoms with Crippen molar-refractivity contribution in [2.75, 3.05) is 4.90 Å². The Labute approximate surface area is 363 Å². The summed E-state index contributed by atoms with van der Waals surface area (Å²) in [5.41, 5.74) is 13.8. The van der Waals surface area contributed by atoms with Gasteiger partial charge in [0.05, 0.1) is 22.4 Å². The molecule has 0 aliphatic carbocycles. The predicted octanol–water partition coefficient (Wildman–Crippen LogP) is 14.6. The van der Waals surface area contributed by atoms with E-state index in [-0.39, 0.29) is 22.2 Å². The van der Waals surface area contributed by atoms with E-state index in [0.717, 1.165) is 39.4 Å². The van der Waals surface area contributed by atoms with Gasteiger partial charge in [-0.2, -0.15) is 0 Å². The van der Waals surface area contributed by atoms with Gasteiger partial charge in [0.25, 0.3) is 0 Å². The first-order valence-corrected chi connectivity index (χ1v) is 22.1. The van der Waals surface area contributed by atoms with Gasteiger partial charge in [-0.3, -0.25) is 4.57 Å². The van der Waals surface area contributed by atoms with Crippen molar-refractivity contribution in [3.8, 4) is 5.82 Å². The Balaban J connectivity index is 1.34. The van der Waals surface area contributed by atoms with Crippen LogP contribution in [0, 0.1) is 19.8 Å². The quantitative estimate of drug-likeness (QED) is 0.174. The van der Waals surface area contributed by atoms with Gasteiger partial charge in [-0.1, -0.05) is 129 Å². The number of anilines is 3. The molecule has 312 valence electrons. The number of hydrogen-bond acceptors (Lipinski definition) is 4. The van der Waals surface area contributed by atoms with E-state index < -0.39 is 11.1 Å². The molecule has 0 bridgehead atoms. The average molecular weight is 807 g/mol. The first-order chi connectivity index (χ1) is 28.6. The lowest BCUT2D eigenvalue weighted by Crippen LogP contribution is -2.47. The SMILES string of the molecule is Cc1ccc2c(c1)C(C)(C)c1cc3c4cc(C)ccc4n(-c4cc(C(C)(C)C)ccn4)c3cc1N2c1cc(C2=N[C@](C)(C(C)C)[C@@](C)(c3ccccc3)O2)cc(C(C)(C)C)c1. The summed E-state index contributed by atoms with van der Waals surface area (Å²) in [5, 5.41) is 2.47. The highest BCUT2D eigenvalue weighted by Gasteiger charge is 2.55. The molecule has 61 heavy (non-hydrogen) atoms. The van der Waals surface area contributed by atoms with Crippen LogP contribution in [0.15, 0.2) is 120 Å². The van der Waals surface area contributed by atoms with Crippen molar-refractivity contribution in [1.29, 1.82) is 0 Å². The minimum atomic E-state index is -0.656. The standard InChI is InChI=1S/C56H62N4O/c1-34(2)55(13)56(14,38-18-16-15-17-19-38)61-51(58-55)37-28-40(53(8,9)10)30-41(29-37)59-47-23-21-36(4)27-44(47)54(11,12)45-32-43-42-26-35(3)20-22-46(42)60(48(43)33-49(45)59)50-31-39(24-25-57-50)52(5,6)7/h15-34H,1-14H3/t55-,56-/m1/s1. The number of hydrogen-bond donors (Lipinski definition) is 0. The molecule has 0 amide bonds. The molecule has 0 fully saturated rings. The summed E-state index contributed by atoms with van der Waals surface area (Å²) in [5.74, 6) is 1.84. The fraction of sp³-hybridized carbons (Fsp3) is 0.357. The zero-order valence-electron chi connectivity index (χ0n) is 38.7. The first kappa shape index (κ1) is 40.7. The Bertz CT molecular complexity index is 2920. The molecule has 5 nitrogen and oxygen atoms in total. The lowest BCUT2D eigenvalue weighted by atomic mass is 9.72. The maximum absolute atomic E-state index is 7.22. The third kappa shape index (κ3) is 6.33. The van der Waals surface area contributed by atoms with E-state index in [2.05, 4.69) is 216 Å². The van der Waals surface area contributed by atoms with Crippen LogP contribution in [0.5, 0.6) is 0 Å². The Morgan fingerprint density at radius 2 is 1.28 bits per heavy atom. The molecule has 2 aliphatic rings. The van der Waals surface area contributed by atoms with Gasteiger partial charge in [0.1, 0.15) is 11.4 Å². The second kappa shape index (κ2) is 13.7. The molecule has 5 aromatic carbocycles. The Hall–Kier alpha value is -5.68. The smallest absolute Gasteiger partial charge is 0.217 e. The van der Waals surface area contributed by atoms with Crippen molar-refractivity contribution in [3.05, 3.63) is 160 Å². The van der Waals surface area contributed by atoms with Gasteiger partial charge in [-0.15, -0.1) is 0 Å². The van der Waals surface area contributed by atoms with Crippen molar-refractivity contribution in [2.24, 2.45) is 10.9 Å². The van der Waals surface area contributed by atoms with Gasteiger partial charge in [0.2, 0.25) is 5.90 Å². The van der Waals surface area contributed by atoms with Crippen LogP contribution in [0.25, 0.3) is 27.6 Å². The fourth-order valence-corrected chi connectivity index (χ4v) is 9.85. The number of benzene rings is 5. The zero-order valence-corrected chi connectivity index (χ0v) is 38.7. The molecule has 0 unspecified atom stereocenters. The average Bonchev–Trinajstić information content (AvgIpc) is 3.68. The van der Waals surface area contributed by atoms with Crippen LogP contribution < -0.4 is 4.90 Å². The fourth-order valence-electron chi connectivity index (χ4n) is 9.85. The van der Waals surface area contributed by atoms with E-state index in [9.17, 15) is 0 Å². The highest BCUT2D eigenvalue weighted by molar-refractivity contribution is 6.12. The summed E-state index contributed by atoms with van der Waals surface area (Å²) in [6.07, 6.45) is 1.97. The molecule has 0 N–H and O–H groups in total. The van der Waals surface area contributed by atoms with Crippen molar-refractivity contribution >= 4 is 44.8 Å². The lowest BCUT2D eigenvalue weighted by Gasteiger charge is -2.43. The maximum Gasteiger partial charge on any atom is 0.217 e. The first-order valence-electron chi connectivity index (χ1n) is 22.1. The molecule has 2 atom stereocenters. The summed E-state index contributed by atoms with van der Waals surface area (Å²) in [7, 11) is 0. The van der Waals surface area contributed by atoms with Crippen molar-refractivity contribution in [1.82, 2.24) is 9.55 Å². The summed E-state index contributed by atoms with van der Waals surface area (Å²) < 4.78 is 9.60. The topological polar surface area (TPSA) is 42.7 Å². The van der Waals surface area contributed by atoms with Crippen molar-refractivity contribution in [2.45, 2.75) is 124 Å². The third-order valence-electron chi connectivity index (χ3n) is 14.2. The number of ether oxygens (including phenoxy) is 1. The molecule has 7 aromatic rings. The number of aliphatic imine (C=N–C) groups is 1. The number of aromatic nitrogens is 2. The van der Waals surface area contributed by atoms with Gasteiger partial charge >= 0.3 is 0 Å². The molecule has 0 saturated carbocycles. The molecule has 9 rings (SSSR count).